The molecule has 1 aliphatic heterocycles. The Hall–Kier alpha value is -0.900. The Labute approximate surface area is 123 Å². The van der Waals surface area contributed by atoms with Crippen LogP contribution in [0.4, 0.5) is 0 Å². The van der Waals surface area contributed by atoms with Crippen molar-refractivity contribution in [1.29, 1.82) is 0 Å². The molecule has 0 aliphatic carbocycles. The summed E-state index contributed by atoms with van der Waals surface area (Å²) in [5, 5.41) is 3.61. The van der Waals surface area contributed by atoms with Gasteiger partial charge < -0.3 is 15.0 Å². The van der Waals surface area contributed by atoms with E-state index < -0.39 is 0 Å². The second-order valence-electron chi connectivity index (χ2n) is 5.81. The van der Waals surface area contributed by atoms with Crippen LogP contribution in [0.3, 0.4) is 0 Å². The third kappa shape index (κ3) is 4.30. The summed E-state index contributed by atoms with van der Waals surface area (Å²) in [6.07, 6.45) is 2.32. The molecule has 2 rings (SSSR count). The van der Waals surface area contributed by atoms with Crippen molar-refractivity contribution >= 4 is 0 Å². The van der Waals surface area contributed by atoms with Crippen molar-refractivity contribution in [1.82, 2.24) is 10.2 Å². The number of hydrogen-bond donors (Lipinski definition) is 1. The van der Waals surface area contributed by atoms with Crippen molar-refractivity contribution in [2.24, 2.45) is 0 Å². The molecule has 1 aliphatic rings. The van der Waals surface area contributed by atoms with Crippen LogP contribution < -0.4 is 5.32 Å². The molecule has 3 nitrogen and oxygen atoms in total. The van der Waals surface area contributed by atoms with Gasteiger partial charge in [-0.2, -0.15) is 0 Å². The predicted molar refractivity (Wildman–Crippen MR) is 84.1 cm³/mol. The van der Waals surface area contributed by atoms with Gasteiger partial charge in [0.1, 0.15) is 0 Å². The van der Waals surface area contributed by atoms with Gasteiger partial charge in [0.25, 0.3) is 0 Å². The molecule has 0 spiro atoms. The van der Waals surface area contributed by atoms with E-state index in [1.807, 2.05) is 0 Å². The molecule has 0 saturated carbocycles. The van der Waals surface area contributed by atoms with E-state index in [0.29, 0.717) is 12.1 Å². The normalized spacial score (nSPS) is 20.5. The monoisotopic (exact) mass is 276 g/mol. The molecule has 2 unspecified atom stereocenters. The Morgan fingerprint density at radius 3 is 2.95 bits per heavy atom. The fourth-order valence-electron chi connectivity index (χ4n) is 2.90. The third-order valence-corrected chi connectivity index (χ3v) is 4.19. The van der Waals surface area contributed by atoms with Crippen LogP contribution in [0.1, 0.15) is 36.9 Å². The predicted octanol–water partition coefficient (Wildman–Crippen LogP) is 2.76. The number of nitrogens with zero attached hydrogens (tertiary/aromatic N) is 1. The number of rotatable bonds is 7. The van der Waals surface area contributed by atoms with E-state index >= 15 is 0 Å². The van der Waals surface area contributed by atoms with Crippen LogP contribution >= 0.6 is 0 Å². The molecule has 1 saturated heterocycles. The molecule has 1 fully saturated rings. The summed E-state index contributed by atoms with van der Waals surface area (Å²) in [6, 6.07) is 9.91. The Morgan fingerprint density at radius 2 is 2.30 bits per heavy atom. The average molecular weight is 276 g/mol. The number of benzene rings is 1. The minimum absolute atomic E-state index is 0.449. The molecule has 112 valence electrons. The second-order valence-corrected chi connectivity index (χ2v) is 5.81. The van der Waals surface area contributed by atoms with Gasteiger partial charge in [-0.1, -0.05) is 36.8 Å². The number of hydrogen-bond acceptors (Lipinski definition) is 3. The van der Waals surface area contributed by atoms with Gasteiger partial charge in [-0.15, -0.1) is 0 Å². The molecule has 0 radical (unpaired) electrons. The van der Waals surface area contributed by atoms with E-state index in [1.165, 1.54) is 17.5 Å². The first-order valence-electron chi connectivity index (χ1n) is 7.78. The first-order chi connectivity index (χ1) is 9.70. The van der Waals surface area contributed by atoms with Crippen LogP contribution in [0.2, 0.25) is 0 Å². The highest BCUT2D eigenvalue weighted by Crippen LogP contribution is 2.20. The zero-order chi connectivity index (χ0) is 14.4. The van der Waals surface area contributed by atoms with Crippen LogP contribution in [0.25, 0.3) is 0 Å². The zero-order valence-electron chi connectivity index (χ0n) is 13.1. The van der Waals surface area contributed by atoms with Crippen molar-refractivity contribution in [3.63, 3.8) is 0 Å². The van der Waals surface area contributed by atoms with Crippen LogP contribution in [0.5, 0.6) is 0 Å². The second kappa shape index (κ2) is 7.77. The van der Waals surface area contributed by atoms with Gasteiger partial charge in [-0.3, -0.25) is 0 Å². The topological polar surface area (TPSA) is 24.5 Å². The highest BCUT2D eigenvalue weighted by molar-refractivity contribution is 5.25. The molecule has 1 aromatic carbocycles. The Bertz CT molecular complexity index is 402. The average Bonchev–Trinajstić information content (AvgIpc) is 2.97. The quantitative estimate of drug-likeness (QED) is 0.829. The smallest absolute Gasteiger partial charge is 0.0622 e. The number of nitrogens with one attached hydrogen (secondary N) is 1. The molecule has 3 heteroatoms. The van der Waals surface area contributed by atoms with Gasteiger partial charge >= 0.3 is 0 Å². The SMILES string of the molecule is CCNC(CCN(C)C1CCOC1)c1cccc(C)c1. The fraction of sp³-hybridized carbons (Fsp3) is 0.647. The summed E-state index contributed by atoms with van der Waals surface area (Å²) < 4.78 is 5.48. The molecule has 2 atom stereocenters. The van der Waals surface area contributed by atoms with E-state index in [4.69, 9.17) is 4.74 Å². The largest absolute Gasteiger partial charge is 0.380 e. The number of ether oxygens (including phenoxy) is 1. The standard InChI is InChI=1S/C17H28N2O/c1-4-18-17(15-7-5-6-14(2)12-15)8-10-19(3)16-9-11-20-13-16/h5-7,12,16-18H,4,8-11,13H2,1-3H3. The molecule has 1 N–H and O–H groups in total. The first kappa shape index (κ1) is 15.5. The van der Waals surface area contributed by atoms with Crippen molar-refractivity contribution in [3.05, 3.63) is 35.4 Å². The maximum Gasteiger partial charge on any atom is 0.0622 e. The molecule has 1 heterocycles. The van der Waals surface area contributed by atoms with Gasteiger partial charge in [0.2, 0.25) is 0 Å². The maximum atomic E-state index is 5.48. The maximum absolute atomic E-state index is 5.48. The van der Waals surface area contributed by atoms with Crippen LogP contribution in [0.15, 0.2) is 24.3 Å². The summed E-state index contributed by atoms with van der Waals surface area (Å²) >= 11 is 0. The van der Waals surface area contributed by atoms with E-state index in [2.05, 4.69) is 55.4 Å². The molecular weight excluding hydrogens is 248 g/mol. The third-order valence-electron chi connectivity index (χ3n) is 4.19. The minimum atomic E-state index is 0.449. The fourth-order valence-corrected chi connectivity index (χ4v) is 2.90. The molecular formula is C17H28N2O. The summed E-state index contributed by atoms with van der Waals surface area (Å²) in [6.45, 7) is 8.27. The first-order valence-corrected chi connectivity index (χ1v) is 7.78. The Morgan fingerprint density at radius 1 is 1.45 bits per heavy atom. The summed E-state index contributed by atoms with van der Waals surface area (Å²) in [4.78, 5) is 2.45. The molecule has 20 heavy (non-hydrogen) atoms. The molecule has 0 aromatic heterocycles. The van der Waals surface area contributed by atoms with Crippen LogP contribution in [-0.4, -0.2) is 44.3 Å². The molecule has 0 bridgehead atoms. The van der Waals surface area contributed by atoms with Crippen molar-refractivity contribution in [2.45, 2.75) is 38.8 Å². The summed E-state index contributed by atoms with van der Waals surface area (Å²) in [7, 11) is 2.22. The lowest BCUT2D eigenvalue weighted by molar-refractivity contribution is 0.156. The van der Waals surface area contributed by atoms with Crippen molar-refractivity contribution in [3.8, 4) is 0 Å². The van der Waals surface area contributed by atoms with Crippen LogP contribution in [-0.2, 0) is 4.74 Å². The van der Waals surface area contributed by atoms with Crippen molar-refractivity contribution < 1.29 is 4.74 Å². The zero-order valence-corrected chi connectivity index (χ0v) is 13.1. The lowest BCUT2D eigenvalue weighted by Gasteiger charge is -2.26. The van der Waals surface area contributed by atoms with E-state index in [9.17, 15) is 0 Å². The Balaban J connectivity index is 1.91. The van der Waals surface area contributed by atoms with Gasteiger partial charge in [-0.25, -0.2) is 0 Å². The minimum Gasteiger partial charge on any atom is -0.380 e. The molecule has 0 amide bonds. The lowest BCUT2D eigenvalue weighted by Crippen LogP contribution is -2.35. The molecule has 1 aromatic rings. The number of aryl methyl sites for hydroxylation is 1. The van der Waals surface area contributed by atoms with E-state index in [1.54, 1.807) is 0 Å². The number of likely N-dealkylation sites (N-methyl/N-ethyl adjacent to an activating group) is 1. The highest BCUT2D eigenvalue weighted by Gasteiger charge is 2.21. The lowest BCUT2D eigenvalue weighted by atomic mass is 10.0. The summed E-state index contributed by atoms with van der Waals surface area (Å²) in [5.41, 5.74) is 2.74. The van der Waals surface area contributed by atoms with Crippen molar-refractivity contribution in [2.75, 3.05) is 33.4 Å². The highest BCUT2D eigenvalue weighted by atomic mass is 16.5. The van der Waals surface area contributed by atoms with Gasteiger partial charge in [-0.05, 0) is 38.9 Å². The van der Waals surface area contributed by atoms with E-state index in [-0.39, 0.29) is 0 Å². The van der Waals surface area contributed by atoms with E-state index in [0.717, 1.165) is 32.7 Å². The van der Waals surface area contributed by atoms with Gasteiger partial charge in [0.05, 0.1) is 6.61 Å². The van der Waals surface area contributed by atoms with Crippen LogP contribution in [0, 0.1) is 6.92 Å². The summed E-state index contributed by atoms with van der Waals surface area (Å²) in [5.74, 6) is 0. The Kier molecular flexibility index (Phi) is 6.02. The van der Waals surface area contributed by atoms with Gasteiger partial charge in [0, 0.05) is 25.2 Å². The van der Waals surface area contributed by atoms with Gasteiger partial charge in [0.15, 0.2) is 0 Å².